The van der Waals surface area contributed by atoms with Gasteiger partial charge in [0, 0.05) is 40.8 Å². The van der Waals surface area contributed by atoms with Crippen LogP contribution in [0.4, 0.5) is 0 Å². The Bertz CT molecular complexity index is 27.0. The minimum atomic E-state index is -2.51. The van der Waals surface area contributed by atoms with Gasteiger partial charge in [-0.2, -0.15) is 0 Å². The van der Waals surface area contributed by atoms with Gasteiger partial charge < -0.3 is 0 Å². The van der Waals surface area contributed by atoms with Crippen molar-refractivity contribution in [2.24, 2.45) is 0 Å². The molecule has 0 aromatic heterocycles. The van der Waals surface area contributed by atoms with E-state index in [0.29, 0.717) is 0 Å². The molecule has 0 aromatic carbocycles. The van der Waals surface area contributed by atoms with E-state index in [2.05, 4.69) is 0 Å². The fourth-order valence-corrected chi connectivity index (χ4v) is 0. The van der Waals surface area contributed by atoms with Crippen molar-refractivity contribution in [2.75, 3.05) is 0 Å². The molecule has 0 saturated carbocycles. The van der Waals surface area contributed by atoms with E-state index >= 15 is 0 Å². The van der Waals surface area contributed by atoms with Crippen LogP contribution in [0.25, 0.3) is 0 Å². The molecule has 0 aliphatic carbocycles. The summed E-state index contributed by atoms with van der Waals surface area (Å²) in [7, 11) is 0. The Morgan fingerprint density at radius 3 is 1.25 bits per heavy atom. The van der Waals surface area contributed by atoms with Crippen LogP contribution in [-0.4, -0.2) is 0 Å². The summed E-state index contributed by atoms with van der Waals surface area (Å²) in [5.41, 5.74) is 0. The minimum absolute atomic E-state index is 0. The summed E-state index contributed by atoms with van der Waals surface area (Å²) in [6.45, 7) is 0. The normalized spacial score (nSPS) is 2.00. The molecule has 0 aromatic rings. The summed E-state index contributed by atoms with van der Waals surface area (Å²) in [6, 6.07) is 0. The van der Waals surface area contributed by atoms with Gasteiger partial charge in [0.25, 0.3) is 0 Å². The quantitative estimate of drug-likeness (QED) is 0.549. The van der Waals surface area contributed by atoms with E-state index in [9.17, 15) is 0 Å². The molecule has 0 radical (unpaired) electrons. The molecule has 4 heteroatoms. The monoisotopic (exact) mass is 412 g/mol. The van der Waals surface area contributed by atoms with Crippen molar-refractivity contribution < 1.29 is 73.1 Å². The van der Waals surface area contributed by atoms with Crippen LogP contribution in [0.2, 0.25) is 0 Å². The second kappa shape index (κ2) is 8.89. The Morgan fingerprint density at radius 2 is 1.25 bits per heavy atom. The van der Waals surface area contributed by atoms with Gasteiger partial charge in [-0.25, -0.2) is 0 Å². The molecule has 0 spiro atoms. The van der Waals surface area contributed by atoms with Crippen LogP contribution < -0.4 is 0 Å². The van der Waals surface area contributed by atoms with E-state index < -0.39 is 27.8 Å². The fourth-order valence-electron chi connectivity index (χ4n) is 0. The zero-order chi connectivity index (χ0) is 2.71. The van der Waals surface area contributed by atoms with Crippen LogP contribution in [-0.2, 0) is 4.47 Å². The molecule has 0 heterocycles. The average Bonchev–Trinajstić information content (AvgIpc) is 0.918. The molecule has 0 N–H and O–H groups in total. The molecule has 0 fully saturated rings. The van der Waals surface area contributed by atoms with E-state index in [0.717, 1.165) is 0 Å². The van der Waals surface area contributed by atoms with E-state index in [4.69, 9.17) is 4.47 Å². The average molecular weight is 414 g/mol. The first-order valence-corrected chi connectivity index (χ1v) is 3.81. The van der Waals surface area contributed by atoms with E-state index in [-0.39, 0.29) is 40.8 Å². The molecule has 0 aliphatic rings. The second-order valence-electron chi connectivity index (χ2n) is 0.0833. The van der Waals surface area contributed by atoms with Gasteiger partial charge in [-0.15, -0.1) is 0 Å². The number of hydrogen-bond donors (Lipinski definition) is 0. The summed E-state index contributed by atoms with van der Waals surface area (Å²) in [4.78, 5) is 0. The summed E-state index contributed by atoms with van der Waals surface area (Å²) >= 11 is -2.51. The molecule has 0 atom stereocenters. The summed E-state index contributed by atoms with van der Waals surface area (Å²) in [6.07, 6.45) is 0. The first-order chi connectivity index (χ1) is 1.41. The Kier molecular flexibility index (Phi) is 20.8. The van der Waals surface area contributed by atoms with E-state index in [1.165, 1.54) is 0 Å². The maximum absolute atomic E-state index is 8.58. The van der Waals surface area contributed by atoms with Crippen molar-refractivity contribution in [3.63, 3.8) is 0 Å². The van der Waals surface area contributed by atoms with Gasteiger partial charge in [-0.05, 0) is 0 Å². The predicted molar refractivity (Wildman–Crippen MR) is 1.37 cm³/mol. The van der Waals surface area contributed by atoms with Crippen molar-refractivity contribution >= 4 is 0 Å². The third-order valence-electron chi connectivity index (χ3n) is 0. The van der Waals surface area contributed by atoms with Crippen LogP contribution in [0.5, 0.6) is 0 Å². The maximum atomic E-state index is 8.58. The van der Waals surface area contributed by atoms with Crippen LogP contribution in [0.3, 0.4) is 0 Å². The summed E-state index contributed by atoms with van der Waals surface area (Å²) in [5, 5.41) is 0. The zero-order valence-corrected chi connectivity index (χ0v) is 9.19. The van der Waals surface area contributed by atoms with Crippen LogP contribution in [0.1, 0.15) is 0 Å². The molecule has 4 heavy (non-hydrogen) atoms. The SMILES string of the molecule is [Nd].[O]=[U]=[O]. The van der Waals surface area contributed by atoms with Crippen molar-refractivity contribution in [1.29, 1.82) is 0 Å². The van der Waals surface area contributed by atoms with Gasteiger partial charge in [0.15, 0.2) is 0 Å². The van der Waals surface area contributed by atoms with Gasteiger partial charge in [0.05, 0.1) is 0 Å². The Hall–Kier alpha value is 2.00. The molecular formula is NdO2U. The summed E-state index contributed by atoms with van der Waals surface area (Å²) in [5.74, 6) is 0. The standard InChI is InChI=1S/Nd.2O.U. The number of hydrogen-bond acceptors (Lipinski definition) is 2. The van der Waals surface area contributed by atoms with Crippen molar-refractivity contribution in [3.8, 4) is 0 Å². The third-order valence-corrected chi connectivity index (χ3v) is 0. The molecule has 20 valence electrons. The summed E-state index contributed by atoms with van der Waals surface area (Å²) < 4.78 is 17.2. The second-order valence-corrected chi connectivity index (χ2v) is 0.777. The first-order valence-electron chi connectivity index (χ1n) is 0.408. The van der Waals surface area contributed by atoms with Crippen molar-refractivity contribution in [2.45, 2.75) is 0 Å². The molecule has 0 saturated heterocycles. The van der Waals surface area contributed by atoms with Crippen LogP contribution in [0, 0.1) is 68.7 Å². The van der Waals surface area contributed by atoms with Crippen molar-refractivity contribution in [1.82, 2.24) is 0 Å². The van der Waals surface area contributed by atoms with Gasteiger partial charge >= 0.3 is 32.3 Å². The Labute approximate surface area is 71.5 Å². The van der Waals surface area contributed by atoms with Gasteiger partial charge in [-0.3, -0.25) is 0 Å². The zero-order valence-electron chi connectivity index (χ0n) is 1.82. The molecule has 0 amide bonds. The molecule has 0 unspecified atom stereocenters. The first kappa shape index (κ1) is 9.38. The Morgan fingerprint density at radius 1 is 1.25 bits per heavy atom. The Balaban J connectivity index is 0. The predicted octanol–water partition coefficient (Wildman–Crippen LogP) is -0.238. The number of rotatable bonds is 0. The van der Waals surface area contributed by atoms with Gasteiger partial charge in [0.1, 0.15) is 0 Å². The van der Waals surface area contributed by atoms with E-state index in [1.54, 1.807) is 0 Å². The van der Waals surface area contributed by atoms with Gasteiger partial charge in [0.2, 0.25) is 0 Å². The fraction of sp³-hybridized carbons (Fsp3) is 0. The van der Waals surface area contributed by atoms with E-state index in [1.807, 2.05) is 0 Å². The third kappa shape index (κ3) is 9.00. The molecule has 2 nitrogen and oxygen atoms in total. The van der Waals surface area contributed by atoms with Gasteiger partial charge in [-0.1, -0.05) is 0 Å². The van der Waals surface area contributed by atoms with Crippen molar-refractivity contribution in [3.05, 3.63) is 0 Å². The molecule has 0 rings (SSSR count). The molecule has 0 aliphatic heterocycles. The molecule has 0 bridgehead atoms. The van der Waals surface area contributed by atoms with Crippen LogP contribution >= 0.6 is 0 Å². The molecular weight excluding hydrogens is 414 g/mol. The topological polar surface area (TPSA) is 34.1 Å². The van der Waals surface area contributed by atoms with Crippen LogP contribution in [0.15, 0.2) is 0 Å².